The number of aliphatic hydroxyl groups is 1. The highest BCUT2D eigenvalue weighted by molar-refractivity contribution is 4.77. The van der Waals surface area contributed by atoms with E-state index in [4.69, 9.17) is 15.6 Å². The zero-order chi connectivity index (χ0) is 10.6. The summed E-state index contributed by atoms with van der Waals surface area (Å²) >= 11 is 0. The second-order valence-electron chi connectivity index (χ2n) is 4.65. The minimum absolute atomic E-state index is 0.0318. The van der Waals surface area contributed by atoms with Gasteiger partial charge in [-0.05, 0) is 18.3 Å². The molecule has 0 amide bonds. The predicted octanol–water partition coefficient (Wildman–Crippen LogP) is 1.15. The third-order valence-corrected chi connectivity index (χ3v) is 2.93. The van der Waals surface area contributed by atoms with Crippen LogP contribution in [0.15, 0.2) is 0 Å². The van der Waals surface area contributed by atoms with Crippen LogP contribution in [0.25, 0.3) is 0 Å². The highest BCUT2D eigenvalue weighted by Gasteiger charge is 2.24. The van der Waals surface area contributed by atoms with E-state index in [9.17, 15) is 0 Å². The van der Waals surface area contributed by atoms with E-state index < -0.39 is 0 Å². The fraction of sp³-hybridized carbons (Fsp3) is 1.00. The summed E-state index contributed by atoms with van der Waals surface area (Å²) in [6, 6.07) is -0.0563. The van der Waals surface area contributed by atoms with Gasteiger partial charge in [0.25, 0.3) is 0 Å². The molecule has 0 saturated heterocycles. The van der Waals surface area contributed by atoms with Gasteiger partial charge in [0, 0.05) is 12.6 Å². The Kier molecular flexibility index (Phi) is 4.85. The van der Waals surface area contributed by atoms with Crippen LogP contribution in [0.3, 0.4) is 0 Å². The average molecular weight is 201 g/mol. The Hall–Kier alpha value is -0.120. The molecule has 84 valence electrons. The summed E-state index contributed by atoms with van der Waals surface area (Å²) in [7, 11) is 0. The lowest BCUT2D eigenvalue weighted by Crippen LogP contribution is -2.43. The molecule has 1 rings (SSSR count). The van der Waals surface area contributed by atoms with Crippen LogP contribution in [0.1, 0.15) is 33.1 Å². The van der Waals surface area contributed by atoms with Crippen molar-refractivity contribution < 1.29 is 9.84 Å². The number of hydrogen-bond acceptors (Lipinski definition) is 3. The van der Waals surface area contributed by atoms with Crippen molar-refractivity contribution in [2.24, 2.45) is 17.6 Å². The monoisotopic (exact) mass is 201 g/mol. The van der Waals surface area contributed by atoms with Crippen molar-refractivity contribution in [3.63, 3.8) is 0 Å². The molecule has 0 aliphatic heterocycles. The number of ether oxygens (including phenoxy) is 1. The first-order valence-corrected chi connectivity index (χ1v) is 5.63. The van der Waals surface area contributed by atoms with Crippen molar-refractivity contribution in [1.82, 2.24) is 0 Å². The predicted molar refractivity (Wildman–Crippen MR) is 57.0 cm³/mol. The van der Waals surface area contributed by atoms with Crippen LogP contribution in [0.5, 0.6) is 0 Å². The largest absolute Gasteiger partial charge is 0.394 e. The van der Waals surface area contributed by atoms with Crippen molar-refractivity contribution in [3.8, 4) is 0 Å². The molecular formula is C11H23NO2. The van der Waals surface area contributed by atoms with Gasteiger partial charge in [-0.3, -0.25) is 0 Å². The van der Waals surface area contributed by atoms with E-state index in [1.165, 1.54) is 12.8 Å². The van der Waals surface area contributed by atoms with Gasteiger partial charge in [0.2, 0.25) is 0 Å². The van der Waals surface area contributed by atoms with Gasteiger partial charge < -0.3 is 15.6 Å². The van der Waals surface area contributed by atoms with Crippen LogP contribution in [0.4, 0.5) is 0 Å². The minimum atomic E-state index is -0.186. The molecule has 3 N–H and O–H groups in total. The van der Waals surface area contributed by atoms with Crippen LogP contribution in [-0.4, -0.2) is 30.5 Å². The fourth-order valence-electron chi connectivity index (χ4n) is 1.51. The van der Waals surface area contributed by atoms with Gasteiger partial charge in [-0.2, -0.15) is 0 Å². The van der Waals surface area contributed by atoms with Crippen molar-refractivity contribution in [3.05, 3.63) is 0 Å². The Morgan fingerprint density at radius 3 is 2.50 bits per heavy atom. The van der Waals surface area contributed by atoms with Crippen LogP contribution < -0.4 is 5.73 Å². The molecule has 1 saturated carbocycles. The van der Waals surface area contributed by atoms with E-state index >= 15 is 0 Å². The Morgan fingerprint density at radius 2 is 2.07 bits per heavy atom. The van der Waals surface area contributed by atoms with Crippen LogP contribution in [0.2, 0.25) is 0 Å². The Bertz CT molecular complexity index is 157. The van der Waals surface area contributed by atoms with Gasteiger partial charge in [0.1, 0.15) is 0 Å². The van der Waals surface area contributed by atoms with Gasteiger partial charge in [0.15, 0.2) is 0 Å². The molecule has 0 heterocycles. The Morgan fingerprint density at radius 1 is 1.43 bits per heavy atom. The quantitative estimate of drug-likeness (QED) is 0.649. The molecule has 3 heteroatoms. The van der Waals surface area contributed by atoms with Gasteiger partial charge in [0.05, 0.1) is 12.7 Å². The maximum Gasteiger partial charge on any atom is 0.0958 e. The highest BCUT2D eigenvalue weighted by Crippen LogP contribution is 2.32. The molecule has 1 aliphatic rings. The lowest BCUT2D eigenvalue weighted by molar-refractivity contribution is -0.0132. The maximum atomic E-state index is 9.12. The van der Waals surface area contributed by atoms with Gasteiger partial charge >= 0.3 is 0 Å². The number of hydrogen-bond donors (Lipinski definition) is 2. The molecule has 0 aromatic heterocycles. The summed E-state index contributed by atoms with van der Waals surface area (Å²) < 4.78 is 5.59. The van der Waals surface area contributed by atoms with E-state index in [1.807, 2.05) is 0 Å². The minimum Gasteiger partial charge on any atom is -0.394 e. The van der Waals surface area contributed by atoms with Gasteiger partial charge in [-0.15, -0.1) is 0 Å². The van der Waals surface area contributed by atoms with Crippen LogP contribution in [-0.2, 0) is 4.74 Å². The third kappa shape index (κ3) is 3.95. The Balaban J connectivity index is 2.15. The average Bonchev–Trinajstić information content (AvgIpc) is 2.95. The first-order chi connectivity index (χ1) is 6.65. The first kappa shape index (κ1) is 12.0. The summed E-state index contributed by atoms with van der Waals surface area (Å²) in [6.45, 7) is 4.88. The van der Waals surface area contributed by atoms with Crippen molar-refractivity contribution in [1.29, 1.82) is 0 Å². The van der Waals surface area contributed by atoms with Gasteiger partial charge in [-0.1, -0.05) is 26.7 Å². The zero-order valence-corrected chi connectivity index (χ0v) is 9.28. The molecule has 2 atom stereocenters. The van der Waals surface area contributed by atoms with Crippen molar-refractivity contribution >= 4 is 0 Å². The molecule has 0 aromatic carbocycles. The standard InChI is InChI=1S/C11H23NO2/c1-8(2)11(12)10(7-13)14-6-5-9-3-4-9/h8-11,13H,3-7,12H2,1-2H3. The molecule has 2 unspecified atom stereocenters. The fourth-order valence-corrected chi connectivity index (χ4v) is 1.51. The topological polar surface area (TPSA) is 55.5 Å². The molecule has 0 bridgehead atoms. The third-order valence-electron chi connectivity index (χ3n) is 2.93. The summed E-state index contributed by atoms with van der Waals surface area (Å²) in [5.74, 6) is 1.23. The van der Waals surface area contributed by atoms with E-state index in [0.29, 0.717) is 5.92 Å². The summed E-state index contributed by atoms with van der Waals surface area (Å²) in [6.07, 6.45) is 3.64. The molecule has 1 aliphatic carbocycles. The molecule has 14 heavy (non-hydrogen) atoms. The summed E-state index contributed by atoms with van der Waals surface area (Å²) in [5, 5.41) is 9.12. The molecule has 0 aromatic rings. The lowest BCUT2D eigenvalue weighted by atomic mass is 10.00. The van der Waals surface area contributed by atoms with Crippen LogP contribution in [0, 0.1) is 11.8 Å². The second kappa shape index (κ2) is 5.69. The smallest absolute Gasteiger partial charge is 0.0958 e. The van der Waals surface area contributed by atoms with Gasteiger partial charge in [-0.25, -0.2) is 0 Å². The molecule has 0 spiro atoms. The molecular weight excluding hydrogens is 178 g/mol. The lowest BCUT2D eigenvalue weighted by Gasteiger charge is -2.25. The second-order valence-corrected chi connectivity index (χ2v) is 4.65. The number of nitrogens with two attached hydrogens (primary N) is 1. The van der Waals surface area contributed by atoms with E-state index in [0.717, 1.165) is 18.9 Å². The molecule has 0 radical (unpaired) electrons. The highest BCUT2D eigenvalue weighted by atomic mass is 16.5. The summed E-state index contributed by atoms with van der Waals surface area (Å²) in [4.78, 5) is 0. The number of aliphatic hydroxyl groups excluding tert-OH is 1. The zero-order valence-electron chi connectivity index (χ0n) is 9.28. The maximum absolute atomic E-state index is 9.12. The van der Waals surface area contributed by atoms with Crippen molar-refractivity contribution in [2.75, 3.05) is 13.2 Å². The normalized spacial score (nSPS) is 21.2. The summed E-state index contributed by atoms with van der Waals surface area (Å²) in [5.41, 5.74) is 5.92. The number of rotatable bonds is 7. The molecule has 1 fully saturated rings. The SMILES string of the molecule is CC(C)C(N)C(CO)OCCC1CC1. The molecule has 3 nitrogen and oxygen atoms in total. The van der Waals surface area contributed by atoms with Crippen molar-refractivity contribution in [2.45, 2.75) is 45.3 Å². The first-order valence-electron chi connectivity index (χ1n) is 5.63. The van der Waals surface area contributed by atoms with Crippen LogP contribution >= 0.6 is 0 Å². The Labute approximate surface area is 86.6 Å². The van der Waals surface area contributed by atoms with E-state index in [-0.39, 0.29) is 18.8 Å². The van der Waals surface area contributed by atoms with E-state index in [1.54, 1.807) is 0 Å². The van der Waals surface area contributed by atoms with E-state index in [2.05, 4.69) is 13.8 Å².